The third-order valence-electron chi connectivity index (χ3n) is 3.53. The molecule has 1 aliphatic rings. The summed E-state index contributed by atoms with van der Waals surface area (Å²) in [5, 5.41) is 0. The van der Waals surface area contributed by atoms with Gasteiger partial charge in [0.15, 0.2) is 0 Å². The molecule has 4 heteroatoms. The molecule has 90 valence electrons. The van der Waals surface area contributed by atoms with Crippen LogP contribution in [0.3, 0.4) is 0 Å². The van der Waals surface area contributed by atoms with Crippen molar-refractivity contribution in [2.24, 2.45) is 5.73 Å². The van der Waals surface area contributed by atoms with Gasteiger partial charge >= 0.3 is 0 Å². The van der Waals surface area contributed by atoms with Crippen molar-refractivity contribution in [1.82, 2.24) is 9.88 Å². The van der Waals surface area contributed by atoms with Crippen molar-refractivity contribution in [3.05, 3.63) is 16.6 Å². The van der Waals surface area contributed by atoms with Crippen LogP contribution in [0.4, 0.5) is 0 Å². The van der Waals surface area contributed by atoms with Gasteiger partial charge in [-0.25, -0.2) is 0 Å². The molecule has 1 aromatic heterocycles. The molecule has 0 spiro atoms. The second-order valence-electron chi connectivity index (χ2n) is 4.54. The van der Waals surface area contributed by atoms with Crippen LogP contribution in [0, 0.1) is 0 Å². The van der Waals surface area contributed by atoms with Crippen molar-refractivity contribution in [3.8, 4) is 0 Å². The average molecular weight is 239 g/mol. The van der Waals surface area contributed by atoms with Crippen LogP contribution in [0.15, 0.2) is 11.7 Å². The van der Waals surface area contributed by atoms with E-state index in [0.29, 0.717) is 12.1 Å². The Hall–Kier alpha value is -0.450. The molecule has 3 nitrogen and oxygen atoms in total. The van der Waals surface area contributed by atoms with E-state index in [1.807, 2.05) is 11.7 Å². The van der Waals surface area contributed by atoms with E-state index < -0.39 is 0 Å². The smallest absolute Gasteiger partial charge is 0.0794 e. The van der Waals surface area contributed by atoms with E-state index in [-0.39, 0.29) is 0 Å². The van der Waals surface area contributed by atoms with Crippen LogP contribution in [0.2, 0.25) is 0 Å². The highest BCUT2D eigenvalue weighted by Gasteiger charge is 2.27. The lowest BCUT2D eigenvalue weighted by Gasteiger charge is -2.39. The first kappa shape index (κ1) is 12.0. The molecule has 2 unspecified atom stereocenters. The summed E-state index contributed by atoms with van der Waals surface area (Å²) in [5.41, 5.74) is 7.63. The summed E-state index contributed by atoms with van der Waals surface area (Å²) >= 11 is 1.76. The predicted molar refractivity (Wildman–Crippen MR) is 68.5 cm³/mol. The molecular formula is C12H21N3S. The number of nitrogens with zero attached hydrogens (tertiary/aromatic N) is 2. The number of rotatable bonds is 4. The summed E-state index contributed by atoms with van der Waals surface area (Å²) in [6, 6.07) is 1.18. The van der Waals surface area contributed by atoms with Gasteiger partial charge in [0, 0.05) is 23.2 Å². The molecule has 2 rings (SSSR count). The van der Waals surface area contributed by atoms with Crippen LogP contribution in [-0.2, 0) is 0 Å². The van der Waals surface area contributed by atoms with Crippen molar-refractivity contribution in [2.45, 2.75) is 44.7 Å². The second kappa shape index (κ2) is 5.75. The van der Waals surface area contributed by atoms with Crippen LogP contribution in [-0.4, -0.2) is 29.0 Å². The largest absolute Gasteiger partial charge is 0.330 e. The van der Waals surface area contributed by atoms with Gasteiger partial charge in [-0.3, -0.25) is 9.88 Å². The van der Waals surface area contributed by atoms with Crippen molar-refractivity contribution in [1.29, 1.82) is 0 Å². The zero-order valence-corrected chi connectivity index (χ0v) is 10.7. The molecule has 0 aliphatic carbocycles. The Morgan fingerprint density at radius 3 is 3.19 bits per heavy atom. The maximum absolute atomic E-state index is 5.70. The number of hydrogen-bond donors (Lipinski definition) is 1. The van der Waals surface area contributed by atoms with E-state index in [0.717, 1.165) is 13.0 Å². The van der Waals surface area contributed by atoms with E-state index in [1.54, 1.807) is 11.3 Å². The van der Waals surface area contributed by atoms with Crippen LogP contribution in [0.25, 0.3) is 0 Å². The lowest BCUT2D eigenvalue weighted by atomic mass is 9.97. The van der Waals surface area contributed by atoms with E-state index in [2.05, 4.69) is 16.8 Å². The zero-order valence-electron chi connectivity index (χ0n) is 9.93. The molecule has 0 bridgehead atoms. The van der Waals surface area contributed by atoms with E-state index in [1.165, 1.54) is 30.7 Å². The van der Waals surface area contributed by atoms with Gasteiger partial charge in [0.05, 0.1) is 5.51 Å². The summed E-state index contributed by atoms with van der Waals surface area (Å²) < 4.78 is 0. The highest BCUT2D eigenvalue weighted by molar-refractivity contribution is 7.09. The van der Waals surface area contributed by atoms with Gasteiger partial charge in [0.25, 0.3) is 0 Å². The van der Waals surface area contributed by atoms with E-state index in [4.69, 9.17) is 5.73 Å². The summed E-state index contributed by atoms with van der Waals surface area (Å²) in [7, 11) is 0. The number of likely N-dealkylation sites (tertiary alicyclic amines) is 1. The highest BCUT2D eigenvalue weighted by Crippen LogP contribution is 2.30. The van der Waals surface area contributed by atoms with Crippen LogP contribution in [0.5, 0.6) is 0 Å². The fraction of sp³-hybridized carbons (Fsp3) is 0.750. The number of hydrogen-bond acceptors (Lipinski definition) is 4. The molecule has 1 fully saturated rings. The van der Waals surface area contributed by atoms with Crippen molar-refractivity contribution < 1.29 is 0 Å². The van der Waals surface area contributed by atoms with Crippen molar-refractivity contribution in [3.63, 3.8) is 0 Å². The Morgan fingerprint density at radius 2 is 2.50 bits per heavy atom. The highest BCUT2D eigenvalue weighted by atomic mass is 32.1. The number of nitrogens with two attached hydrogens (primary N) is 1. The normalized spacial score (nSPS) is 24.5. The van der Waals surface area contributed by atoms with Gasteiger partial charge in [-0.15, -0.1) is 11.3 Å². The molecule has 2 heterocycles. The monoisotopic (exact) mass is 239 g/mol. The molecule has 2 N–H and O–H groups in total. The Morgan fingerprint density at radius 1 is 1.62 bits per heavy atom. The fourth-order valence-electron chi connectivity index (χ4n) is 2.63. The first-order valence-electron chi connectivity index (χ1n) is 6.17. The molecule has 0 amide bonds. The Kier molecular flexibility index (Phi) is 4.32. The molecule has 0 saturated carbocycles. The summed E-state index contributed by atoms with van der Waals surface area (Å²) in [6.45, 7) is 4.31. The SMILES string of the molecule is CC(c1cncs1)N1CCCCC1CCN. The summed E-state index contributed by atoms with van der Waals surface area (Å²) in [5.74, 6) is 0. The predicted octanol–water partition coefficient (Wildman–Crippen LogP) is 2.41. The molecule has 0 radical (unpaired) electrons. The Bertz CT molecular complexity index is 297. The molecule has 1 aromatic rings. The minimum absolute atomic E-state index is 0.504. The number of thiazole rings is 1. The van der Waals surface area contributed by atoms with E-state index in [9.17, 15) is 0 Å². The van der Waals surface area contributed by atoms with Gasteiger partial charge in [-0.1, -0.05) is 6.42 Å². The number of aromatic nitrogens is 1. The van der Waals surface area contributed by atoms with Gasteiger partial charge in [-0.2, -0.15) is 0 Å². The molecule has 0 aromatic carbocycles. The molecule has 1 saturated heterocycles. The summed E-state index contributed by atoms with van der Waals surface area (Å²) in [4.78, 5) is 8.17. The van der Waals surface area contributed by atoms with Crippen LogP contribution < -0.4 is 5.73 Å². The van der Waals surface area contributed by atoms with Gasteiger partial charge in [0.2, 0.25) is 0 Å². The first-order chi connectivity index (χ1) is 7.83. The third-order valence-corrected chi connectivity index (χ3v) is 4.48. The minimum atomic E-state index is 0.504. The van der Waals surface area contributed by atoms with E-state index >= 15 is 0 Å². The maximum atomic E-state index is 5.70. The van der Waals surface area contributed by atoms with Gasteiger partial charge in [0.1, 0.15) is 0 Å². The third kappa shape index (κ3) is 2.62. The molecule has 1 aliphatic heterocycles. The van der Waals surface area contributed by atoms with Crippen molar-refractivity contribution >= 4 is 11.3 Å². The van der Waals surface area contributed by atoms with Crippen LogP contribution in [0.1, 0.15) is 43.5 Å². The quantitative estimate of drug-likeness (QED) is 0.877. The molecule has 16 heavy (non-hydrogen) atoms. The topological polar surface area (TPSA) is 42.2 Å². The molecular weight excluding hydrogens is 218 g/mol. The van der Waals surface area contributed by atoms with Crippen molar-refractivity contribution in [2.75, 3.05) is 13.1 Å². The standard InChI is InChI=1S/C12H21N3S/c1-10(12-8-14-9-16-12)15-7-3-2-4-11(15)5-6-13/h8-11H,2-7,13H2,1H3. The lowest BCUT2D eigenvalue weighted by Crippen LogP contribution is -2.41. The minimum Gasteiger partial charge on any atom is -0.330 e. The molecule has 2 atom stereocenters. The second-order valence-corrected chi connectivity index (χ2v) is 5.46. The van der Waals surface area contributed by atoms with Gasteiger partial charge < -0.3 is 5.73 Å². The summed E-state index contributed by atoms with van der Waals surface area (Å²) in [6.07, 6.45) is 7.12. The average Bonchev–Trinajstić information content (AvgIpc) is 2.83. The number of piperidine rings is 1. The first-order valence-corrected chi connectivity index (χ1v) is 7.05. The van der Waals surface area contributed by atoms with Gasteiger partial charge in [-0.05, 0) is 39.3 Å². The Labute approximate surface area is 102 Å². The van der Waals surface area contributed by atoms with Crippen LogP contribution >= 0.6 is 11.3 Å². The Balaban J connectivity index is 2.04. The zero-order chi connectivity index (χ0) is 11.4. The lowest BCUT2D eigenvalue weighted by molar-refractivity contribution is 0.0999. The fourth-order valence-corrected chi connectivity index (χ4v) is 3.33. The maximum Gasteiger partial charge on any atom is 0.0794 e.